The predicted octanol–water partition coefficient (Wildman–Crippen LogP) is 5.68. The second-order valence-electron chi connectivity index (χ2n) is 7.46. The lowest BCUT2D eigenvalue weighted by atomic mass is 9.94. The smallest absolute Gasteiger partial charge is 0.343 e. The minimum atomic E-state index is -0.420. The Balaban J connectivity index is 1.78. The zero-order valence-electron chi connectivity index (χ0n) is 17.3. The number of benzene rings is 3. The molecule has 0 amide bonds. The van der Waals surface area contributed by atoms with Gasteiger partial charge in [0.1, 0.15) is 11.5 Å². The molecule has 0 fully saturated rings. The van der Waals surface area contributed by atoms with Crippen molar-refractivity contribution in [2.24, 2.45) is 0 Å². The molecule has 4 nitrogen and oxygen atoms in total. The van der Waals surface area contributed by atoms with Gasteiger partial charge < -0.3 is 9.84 Å². The number of phenolic OH excluding ortho intramolecular Hbond substituents is 1. The first kappa shape index (κ1) is 19.6. The summed E-state index contributed by atoms with van der Waals surface area (Å²) in [4.78, 5) is 17.5. The number of fused-ring (bicyclic) bond motifs is 1. The van der Waals surface area contributed by atoms with Gasteiger partial charge in [0, 0.05) is 23.1 Å². The highest BCUT2D eigenvalue weighted by atomic mass is 16.5. The van der Waals surface area contributed by atoms with Crippen LogP contribution in [0.2, 0.25) is 0 Å². The molecule has 0 aliphatic rings. The largest absolute Gasteiger partial charge is 0.507 e. The van der Waals surface area contributed by atoms with Crippen LogP contribution in [-0.4, -0.2) is 16.1 Å². The van der Waals surface area contributed by atoms with Crippen molar-refractivity contribution in [3.05, 3.63) is 100 Å². The van der Waals surface area contributed by atoms with E-state index < -0.39 is 5.97 Å². The van der Waals surface area contributed by atoms with Crippen molar-refractivity contribution in [3.8, 4) is 11.5 Å². The fourth-order valence-corrected chi connectivity index (χ4v) is 3.63. The van der Waals surface area contributed by atoms with Crippen LogP contribution in [-0.2, 0) is 6.42 Å². The van der Waals surface area contributed by atoms with Crippen LogP contribution in [0.1, 0.15) is 38.3 Å². The van der Waals surface area contributed by atoms with Crippen LogP contribution in [0.3, 0.4) is 0 Å². The number of aromatic nitrogens is 1. The third-order valence-electron chi connectivity index (χ3n) is 5.56. The molecule has 4 aromatic rings. The van der Waals surface area contributed by atoms with E-state index in [1.54, 1.807) is 24.3 Å². The number of pyridine rings is 1. The Kier molecular flexibility index (Phi) is 5.23. The zero-order chi connectivity index (χ0) is 21.3. The number of hydrogen-bond acceptors (Lipinski definition) is 4. The molecule has 0 aliphatic carbocycles. The molecule has 1 aromatic heterocycles. The molecule has 0 spiro atoms. The summed E-state index contributed by atoms with van der Waals surface area (Å²) < 4.78 is 5.86. The van der Waals surface area contributed by atoms with Crippen molar-refractivity contribution >= 4 is 16.9 Å². The molecule has 1 N–H and O–H groups in total. The highest BCUT2D eigenvalue weighted by Crippen LogP contribution is 2.38. The second kappa shape index (κ2) is 7.99. The van der Waals surface area contributed by atoms with Crippen LogP contribution in [0.25, 0.3) is 10.9 Å². The van der Waals surface area contributed by atoms with Crippen molar-refractivity contribution < 1.29 is 14.6 Å². The maximum Gasteiger partial charge on any atom is 0.343 e. The Labute approximate surface area is 175 Å². The third kappa shape index (κ3) is 3.64. The second-order valence-corrected chi connectivity index (χ2v) is 7.46. The lowest BCUT2D eigenvalue weighted by Gasteiger charge is -2.19. The number of carbonyl (C=O) groups is 1. The predicted molar refractivity (Wildman–Crippen MR) is 118 cm³/mol. The molecule has 0 saturated heterocycles. The number of hydrogen-bond donors (Lipinski definition) is 1. The van der Waals surface area contributed by atoms with Crippen molar-refractivity contribution in [3.63, 3.8) is 0 Å². The van der Waals surface area contributed by atoms with E-state index in [0.717, 1.165) is 27.7 Å². The van der Waals surface area contributed by atoms with Gasteiger partial charge >= 0.3 is 5.97 Å². The Bertz CT molecular complexity index is 1250. The molecule has 30 heavy (non-hydrogen) atoms. The molecule has 150 valence electrons. The van der Waals surface area contributed by atoms with Crippen LogP contribution >= 0.6 is 0 Å². The van der Waals surface area contributed by atoms with Gasteiger partial charge in [-0.15, -0.1) is 0 Å². The Morgan fingerprint density at radius 3 is 2.33 bits per heavy atom. The van der Waals surface area contributed by atoms with Crippen molar-refractivity contribution in [1.29, 1.82) is 0 Å². The van der Waals surface area contributed by atoms with E-state index in [9.17, 15) is 9.90 Å². The van der Waals surface area contributed by atoms with Crippen LogP contribution in [0, 0.1) is 20.8 Å². The van der Waals surface area contributed by atoms with Gasteiger partial charge in [-0.3, -0.25) is 4.98 Å². The van der Waals surface area contributed by atoms with Crippen molar-refractivity contribution in [2.45, 2.75) is 27.2 Å². The zero-order valence-corrected chi connectivity index (χ0v) is 17.3. The number of aromatic hydroxyl groups is 1. The van der Waals surface area contributed by atoms with E-state index >= 15 is 0 Å². The van der Waals surface area contributed by atoms with Crippen LogP contribution in [0.15, 0.2) is 66.7 Å². The summed E-state index contributed by atoms with van der Waals surface area (Å²) in [6, 6.07) is 20.8. The fraction of sp³-hybridized carbons (Fsp3) is 0.154. The summed E-state index contributed by atoms with van der Waals surface area (Å²) in [6.07, 6.45) is 0.447. The molecule has 4 rings (SSSR count). The fourth-order valence-electron chi connectivity index (χ4n) is 3.63. The standard InChI is InChI=1S/C26H23NO3/c1-16-17(2)25(30-26(29)20-10-5-4-6-11-20)22(18(3)24(16)28)15-21-14-13-19-9-7-8-12-23(19)27-21/h4-14,28H,15H2,1-3H3. The van der Waals surface area contributed by atoms with E-state index in [1.165, 1.54) is 0 Å². The van der Waals surface area contributed by atoms with Gasteiger partial charge in [0.2, 0.25) is 0 Å². The molecule has 0 radical (unpaired) electrons. The van der Waals surface area contributed by atoms with E-state index in [1.807, 2.05) is 63.2 Å². The minimum Gasteiger partial charge on any atom is -0.507 e. The van der Waals surface area contributed by atoms with E-state index in [-0.39, 0.29) is 5.75 Å². The molecular weight excluding hydrogens is 374 g/mol. The van der Waals surface area contributed by atoms with Crippen LogP contribution in [0.4, 0.5) is 0 Å². The van der Waals surface area contributed by atoms with Crippen LogP contribution in [0.5, 0.6) is 11.5 Å². The number of ether oxygens (including phenoxy) is 1. The van der Waals surface area contributed by atoms with E-state index in [4.69, 9.17) is 9.72 Å². The summed E-state index contributed by atoms with van der Waals surface area (Å²) in [7, 11) is 0. The highest BCUT2D eigenvalue weighted by molar-refractivity contribution is 5.91. The summed E-state index contributed by atoms with van der Waals surface area (Å²) >= 11 is 0. The number of para-hydroxylation sites is 1. The average Bonchev–Trinajstić information content (AvgIpc) is 2.78. The minimum absolute atomic E-state index is 0.225. The van der Waals surface area contributed by atoms with Gasteiger partial charge in [-0.1, -0.05) is 42.5 Å². The van der Waals surface area contributed by atoms with Crippen LogP contribution < -0.4 is 4.74 Å². The van der Waals surface area contributed by atoms with Gasteiger partial charge in [0.25, 0.3) is 0 Å². The first-order chi connectivity index (χ1) is 14.5. The number of carbonyl (C=O) groups excluding carboxylic acids is 1. The van der Waals surface area contributed by atoms with Gasteiger partial charge in [-0.25, -0.2) is 4.79 Å². The summed E-state index contributed by atoms with van der Waals surface area (Å²) in [5.41, 5.74) is 5.15. The quantitative estimate of drug-likeness (QED) is 0.356. The number of rotatable bonds is 4. The van der Waals surface area contributed by atoms with Gasteiger partial charge in [-0.2, -0.15) is 0 Å². The Morgan fingerprint density at radius 2 is 1.57 bits per heavy atom. The Hall–Kier alpha value is -3.66. The number of nitrogens with zero attached hydrogens (tertiary/aromatic N) is 1. The lowest BCUT2D eigenvalue weighted by Crippen LogP contribution is -2.13. The van der Waals surface area contributed by atoms with E-state index in [2.05, 4.69) is 0 Å². The molecule has 0 unspecified atom stereocenters. The number of phenols is 1. The van der Waals surface area contributed by atoms with Crippen molar-refractivity contribution in [2.75, 3.05) is 0 Å². The SMILES string of the molecule is Cc1c(C)c(OC(=O)c2ccccc2)c(Cc2ccc3ccccc3n2)c(C)c1O. The molecule has 0 bridgehead atoms. The highest BCUT2D eigenvalue weighted by Gasteiger charge is 2.21. The maximum absolute atomic E-state index is 12.8. The molecule has 1 heterocycles. The monoisotopic (exact) mass is 397 g/mol. The first-order valence-electron chi connectivity index (χ1n) is 9.89. The molecule has 0 saturated carbocycles. The van der Waals surface area contributed by atoms with Gasteiger partial charge in [0.15, 0.2) is 0 Å². The number of esters is 1. The first-order valence-corrected chi connectivity index (χ1v) is 9.89. The summed E-state index contributed by atoms with van der Waals surface area (Å²) in [6.45, 7) is 5.53. The molecule has 4 heteroatoms. The van der Waals surface area contributed by atoms with Crippen molar-refractivity contribution in [1.82, 2.24) is 4.98 Å². The molecule has 0 aliphatic heterocycles. The topological polar surface area (TPSA) is 59.4 Å². The maximum atomic E-state index is 12.8. The summed E-state index contributed by atoms with van der Waals surface area (Å²) in [5, 5.41) is 11.7. The van der Waals surface area contributed by atoms with Gasteiger partial charge in [-0.05, 0) is 61.7 Å². The normalized spacial score (nSPS) is 10.9. The molecular formula is C26H23NO3. The lowest BCUT2D eigenvalue weighted by molar-refractivity contribution is 0.0731. The van der Waals surface area contributed by atoms with Gasteiger partial charge in [0.05, 0.1) is 11.1 Å². The molecule has 3 aromatic carbocycles. The summed E-state index contributed by atoms with van der Waals surface area (Å²) in [5.74, 6) is 0.297. The third-order valence-corrected chi connectivity index (χ3v) is 5.56. The molecule has 0 atom stereocenters. The Morgan fingerprint density at radius 1 is 0.867 bits per heavy atom. The average molecular weight is 397 g/mol. The van der Waals surface area contributed by atoms with E-state index in [0.29, 0.717) is 28.9 Å².